The number of ether oxygens (including phenoxy) is 3. The van der Waals surface area contributed by atoms with Crippen LogP contribution < -0.4 is 20.7 Å². The Morgan fingerprint density at radius 1 is 1.11 bits per heavy atom. The van der Waals surface area contributed by atoms with Gasteiger partial charge in [-0.05, 0) is 78.2 Å². The Morgan fingerprint density at radius 2 is 1.83 bits per heavy atom. The number of aromatic amines is 1. The summed E-state index contributed by atoms with van der Waals surface area (Å²) in [4.78, 5) is 39.4. The van der Waals surface area contributed by atoms with Gasteiger partial charge in [-0.3, -0.25) is 9.78 Å². The molecule has 0 saturated carbocycles. The van der Waals surface area contributed by atoms with Crippen molar-refractivity contribution < 1.29 is 23.5 Å². The molecule has 0 bridgehead atoms. The number of H-pyrrole nitrogens is 1. The lowest BCUT2D eigenvalue weighted by atomic mass is 10.1. The molecule has 0 aliphatic rings. The van der Waals surface area contributed by atoms with Crippen LogP contribution >= 0.6 is 15.9 Å². The Balaban J connectivity index is 1.62. The first-order valence-corrected chi connectivity index (χ1v) is 11.4. The number of carbonyl (C=O) groups is 1. The molecule has 0 spiro atoms. The number of halogens is 1. The van der Waals surface area contributed by atoms with Crippen molar-refractivity contribution in [1.29, 1.82) is 0 Å². The predicted molar refractivity (Wildman–Crippen MR) is 131 cm³/mol. The van der Waals surface area contributed by atoms with E-state index in [4.69, 9.17) is 18.7 Å². The molecule has 4 aromatic rings. The molecule has 2 heterocycles. The van der Waals surface area contributed by atoms with E-state index in [0.717, 1.165) is 9.15 Å². The number of rotatable bonds is 7. The number of aryl methyl sites for hydroxylation is 3. The zero-order valence-corrected chi connectivity index (χ0v) is 21.3. The number of hydrogen-bond acceptors (Lipinski definition) is 9. The van der Waals surface area contributed by atoms with Gasteiger partial charge in [0.15, 0.2) is 12.4 Å². The van der Waals surface area contributed by atoms with Crippen molar-refractivity contribution in [2.24, 2.45) is 0 Å². The van der Waals surface area contributed by atoms with Crippen LogP contribution in [0.4, 0.5) is 0 Å². The van der Waals surface area contributed by atoms with Crippen LogP contribution in [0.2, 0.25) is 0 Å². The third-order valence-corrected chi connectivity index (χ3v) is 5.70. The molecule has 0 radical (unpaired) electrons. The molecule has 12 heteroatoms. The Bertz CT molecular complexity index is 1550. The van der Waals surface area contributed by atoms with E-state index in [0.29, 0.717) is 45.5 Å². The van der Waals surface area contributed by atoms with Gasteiger partial charge in [0.2, 0.25) is 5.69 Å². The normalized spacial score (nSPS) is 10.8. The van der Waals surface area contributed by atoms with E-state index in [9.17, 15) is 14.4 Å². The van der Waals surface area contributed by atoms with Crippen LogP contribution in [0, 0.1) is 20.8 Å². The topological polar surface area (TPSA) is 139 Å². The molecule has 2 aromatic heterocycles. The molecule has 0 atom stereocenters. The van der Waals surface area contributed by atoms with Crippen LogP contribution in [0.1, 0.15) is 33.1 Å². The van der Waals surface area contributed by atoms with Crippen LogP contribution in [-0.4, -0.2) is 33.0 Å². The molecule has 0 aliphatic heterocycles. The third-order valence-electron chi connectivity index (χ3n) is 5.08. The molecule has 0 aliphatic carbocycles. The zero-order valence-electron chi connectivity index (χ0n) is 19.7. The van der Waals surface area contributed by atoms with Gasteiger partial charge < -0.3 is 18.7 Å². The summed E-state index contributed by atoms with van der Waals surface area (Å²) in [6, 6.07) is 10.2. The van der Waals surface area contributed by atoms with E-state index in [2.05, 4.69) is 31.2 Å². The van der Waals surface area contributed by atoms with Crippen LogP contribution in [0.5, 0.6) is 17.2 Å². The molecule has 186 valence electrons. The minimum atomic E-state index is -1.02. The summed E-state index contributed by atoms with van der Waals surface area (Å²) in [6.45, 7) is 5.07. The van der Waals surface area contributed by atoms with Crippen LogP contribution in [-0.2, 0) is 11.3 Å². The Hall–Kier alpha value is -4.19. The van der Waals surface area contributed by atoms with Crippen molar-refractivity contribution in [2.75, 3.05) is 7.11 Å². The standard InChI is InChI=1S/C24H21BrN4O7/c1-12-7-15(8-13(2)21(12)35-16-5-6-19(33-4)18(25)10-16)29-24(32)26-22(30)20(27-29)23(31)34-11-17-9-14(3)28-36-17/h5-10H,11H2,1-4H3,(H,26,30,32). The summed E-state index contributed by atoms with van der Waals surface area (Å²) in [7, 11) is 1.57. The van der Waals surface area contributed by atoms with Gasteiger partial charge in [-0.1, -0.05) is 5.16 Å². The van der Waals surface area contributed by atoms with Gasteiger partial charge in [0.25, 0.3) is 5.56 Å². The highest BCUT2D eigenvalue weighted by atomic mass is 79.9. The fourth-order valence-corrected chi connectivity index (χ4v) is 3.96. The minimum Gasteiger partial charge on any atom is -0.496 e. The summed E-state index contributed by atoms with van der Waals surface area (Å²) in [6.07, 6.45) is 0. The minimum absolute atomic E-state index is 0.244. The maximum Gasteiger partial charge on any atom is 0.365 e. The molecule has 11 nitrogen and oxygen atoms in total. The number of carbonyl (C=O) groups excluding carboxylic acids is 1. The largest absolute Gasteiger partial charge is 0.496 e. The lowest BCUT2D eigenvalue weighted by molar-refractivity contribution is 0.0425. The molecule has 1 N–H and O–H groups in total. The summed E-state index contributed by atoms with van der Waals surface area (Å²) >= 11 is 3.43. The first-order chi connectivity index (χ1) is 17.2. The average molecular weight is 557 g/mol. The molecule has 0 amide bonds. The molecule has 0 saturated heterocycles. The Labute approximate surface area is 212 Å². The summed E-state index contributed by atoms with van der Waals surface area (Å²) in [5.74, 6) is 1.11. The summed E-state index contributed by atoms with van der Waals surface area (Å²) in [5, 5.41) is 7.66. The quantitative estimate of drug-likeness (QED) is 0.337. The Morgan fingerprint density at radius 3 is 2.44 bits per heavy atom. The van der Waals surface area contributed by atoms with Gasteiger partial charge in [0, 0.05) is 6.07 Å². The average Bonchev–Trinajstić information content (AvgIpc) is 3.25. The highest BCUT2D eigenvalue weighted by molar-refractivity contribution is 9.10. The number of aromatic nitrogens is 4. The summed E-state index contributed by atoms with van der Waals surface area (Å²) < 4.78 is 23.0. The molecular formula is C24H21BrN4O7. The van der Waals surface area contributed by atoms with Crippen molar-refractivity contribution in [3.05, 3.63) is 90.0 Å². The lowest BCUT2D eigenvalue weighted by Gasteiger charge is -2.15. The third kappa shape index (κ3) is 5.23. The lowest BCUT2D eigenvalue weighted by Crippen LogP contribution is -2.36. The van der Waals surface area contributed by atoms with E-state index in [-0.39, 0.29) is 6.61 Å². The number of methoxy groups -OCH3 is 1. The predicted octanol–water partition coefficient (Wildman–Crippen LogP) is 3.75. The van der Waals surface area contributed by atoms with Crippen molar-refractivity contribution in [2.45, 2.75) is 27.4 Å². The van der Waals surface area contributed by atoms with E-state index >= 15 is 0 Å². The highest BCUT2D eigenvalue weighted by Gasteiger charge is 2.20. The number of nitrogens with zero attached hydrogens (tertiary/aromatic N) is 3. The second-order valence-electron chi connectivity index (χ2n) is 7.84. The zero-order chi connectivity index (χ0) is 26.0. The molecule has 36 heavy (non-hydrogen) atoms. The number of nitrogens with one attached hydrogen (secondary N) is 1. The fourth-order valence-electron chi connectivity index (χ4n) is 3.44. The molecule has 4 rings (SSSR count). The van der Waals surface area contributed by atoms with Gasteiger partial charge in [0.05, 0.1) is 23.0 Å². The van der Waals surface area contributed by atoms with Crippen molar-refractivity contribution >= 4 is 21.9 Å². The van der Waals surface area contributed by atoms with Crippen LogP contribution in [0.3, 0.4) is 0 Å². The molecule has 0 fully saturated rings. The van der Waals surface area contributed by atoms with Gasteiger partial charge in [0.1, 0.15) is 17.2 Å². The fraction of sp³-hybridized carbons (Fsp3) is 0.208. The first kappa shape index (κ1) is 24.9. The second kappa shape index (κ2) is 10.2. The highest BCUT2D eigenvalue weighted by Crippen LogP contribution is 2.34. The molecule has 0 unspecified atom stereocenters. The summed E-state index contributed by atoms with van der Waals surface area (Å²) in [5.41, 5.74) is -0.0203. The SMILES string of the molecule is COc1ccc(Oc2c(C)cc(-n3nc(C(=O)OCc4cc(C)no4)c(=O)[nH]c3=O)cc2C)cc1Br. The second-order valence-corrected chi connectivity index (χ2v) is 8.69. The number of benzene rings is 2. The van der Waals surface area contributed by atoms with Crippen molar-refractivity contribution in [3.8, 4) is 22.9 Å². The van der Waals surface area contributed by atoms with E-state index in [1.54, 1.807) is 64.3 Å². The van der Waals surface area contributed by atoms with E-state index in [1.165, 1.54) is 0 Å². The number of esters is 1. The van der Waals surface area contributed by atoms with Crippen molar-refractivity contribution in [3.63, 3.8) is 0 Å². The molecular weight excluding hydrogens is 536 g/mol. The van der Waals surface area contributed by atoms with Gasteiger partial charge >= 0.3 is 11.7 Å². The maximum atomic E-state index is 12.5. The number of hydrogen-bond donors (Lipinski definition) is 1. The maximum absolute atomic E-state index is 12.5. The monoisotopic (exact) mass is 556 g/mol. The van der Waals surface area contributed by atoms with Gasteiger partial charge in [-0.25, -0.2) is 9.59 Å². The molecule has 2 aromatic carbocycles. The van der Waals surface area contributed by atoms with Crippen LogP contribution in [0.25, 0.3) is 5.69 Å². The van der Waals surface area contributed by atoms with Crippen LogP contribution in [0.15, 0.2) is 55.0 Å². The van der Waals surface area contributed by atoms with E-state index < -0.39 is 22.9 Å². The first-order valence-electron chi connectivity index (χ1n) is 10.6. The van der Waals surface area contributed by atoms with Crippen molar-refractivity contribution in [1.82, 2.24) is 19.9 Å². The van der Waals surface area contributed by atoms with Gasteiger partial charge in [-0.2, -0.15) is 9.78 Å². The smallest absolute Gasteiger partial charge is 0.365 e. The van der Waals surface area contributed by atoms with Gasteiger partial charge in [-0.15, -0.1) is 0 Å². The Kier molecular flexibility index (Phi) is 7.06. The van der Waals surface area contributed by atoms with E-state index in [1.807, 2.05) is 0 Å².